The van der Waals surface area contributed by atoms with Crippen molar-refractivity contribution in [2.24, 2.45) is 23.3 Å². The minimum absolute atomic E-state index is 0.00229. The van der Waals surface area contributed by atoms with E-state index in [-0.39, 0.29) is 70.6 Å². The Kier molecular flexibility index (Phi) is 32.3. The Labute approximate surface area is 586 Å². The molecule has 12 N–H and O–H groups in total. The summed E-state index contributed by atoms with van der Waals surface area (Å²) in [5.41, 5.74) is 15.5. The number of benzene rings is 6. The Hall–Kier alpha value is -10.8. The number of halogens is 5. The van der Waals surface area contributed by atoms with Crippen molar-refractivity contribution in [1.82, 2.24) is 42.5 Å². The van der Waals surface area contributed by atoms with E-state index in [1.807, 2.05) is 30.3 Å². The third kappa shape index (κ3) is 26.7. The number of hydrogen-bond donors (Lipinski definition) is 10. The Morgan fingerprint density at radius 3 is 1.48 bits per heavy atom. The number of amides is 9. The van der Waals surface area contributed by atoms with Crippen LogP contribution in [0.15, 0.2) is 146 Å². The van der Waals surface area contributed by atoms with Gasteiger partial charge in [-0.05, 0) is 90.3 Å². The van der Waals surface area contributed by atoms with Crippen molar-refractivity contribution in [3.8, 4) is 11.5 Å². The predicted molar refractivity (Wildman–Crippen MR) is 363 cm³/mol. The maximum Gasteiger partial charge on any atom is 0.407 e. The monoisotopic (exact) mass is 1420 g/mol. The molecule has 0 unspecified atom stereocenters. The molecule has 7 atom stereocenters. The van der Waals surface area contributed by atoms with Gasteiger partial charge in [-0.25, -0.2) is 22.8 Å². The maximum absolute atomic E-state index is 14.7. The number of nitrogens with one attached hydrogen (secondary N) is 8. The number of hydrogen-bond acceptors (Lipinski definition) is 15. The van der Waals surface area contributed by atoms with E-state index in [1.165, 1.54) is 0 Å². The van der Waals surface area contributed by atoms with E-state index >= 15 is 0 Å². The second-order valence-corrected chi connectivity index (χ2v) is 24.7. The SMILES string of the molecule is CC(C)C[C@H](NC(=O)[C@@H](NC(=O)[C@H](CCC(N)=O)NC(=O)[C@H](COCc1ccccc1)NC(=O)[C@@H](N)Cc1ccc(OCc2ccccc2)cc1)C(C)C)C(=O)N[C@@H](Cc1ccccc1)C(=O)N[C@@H](CCCCNC(=O)OCc1ccccc1)C(=O)NCC(=O)Oc1c(F)c(F)c(F)c(F)c1F. The van der Waals surface area contributed by atoms with Gasteiger partial charge < -0.3 is 72.9 Å². The molecule has 0 aliphatic carbocycles. The van der Waals surface area contributed by atoms with Crippen LogP contribution in [0.4, 0.5) is 26.7 Å². The molecule has 6 aromatic rings. The van der Waals surface area contributed by atoms with Crippen LogP contribution in [-0.4, -0.2) is 121 Å². The van der Waals surface area contributed by atoms with Crippen LogP contribution in [0.3, 0.4) is 0 Å². The Morgan fingerprint density at radius 1 is 0.451 bits per heavy atom. The standard InChI is InChI=1S/C73H85F5N10O14/c1-43(2)35-54(69(94)85-55(37-45-19-9-5-10-20-45)70(95)83-52(27-17-18-34-81-73(98)101-41-49-25-15-8-16-26-49)67(92)82-38-58(90)102-65-62(77)60(75)59(74)61(76)63(65)78)86-72(97)64(44(3)4)88-68(93)53(32-33-57(80)89)84-71(96)56(42-99-39-47-21-11-6-12-22-47)87-66(91)51(79)36-46-28-30-50(31-29-46)100-40-48-23-13-7-14-24-48/h5-16,19-26,28-31,43-44,51-56,64H,17-18,27,32-42,79H2,1-4H3,(H2,80,89)(H,81,98)(H,82,92)(H,83,95)(H,84,96)(H,85,94)(H,86,97)(H,87,91)(H,88,93)/t51-,52-,53-,54-,55-,56-,64-/m0/s1. The summed E-state index contributed by atoms with van der Waals surface area (Å²) in [6, 6.07) is 32.2. The molecule has 0 aliphatic heterocycles. The zero-order valence-electron chi connectivity index (χ0n) is 56.7. The summed E-state index contributed by atoms with van der Waals surface area (Å²) in [6.45, 7) is 5.27. The number of esters is 1. The molecule has 0 saturated heterocycles. The summed E-state index contributed by atoms with van der Waals surface area (Å²) in [5.74, 6) is -23.8. The molecule has 0 bridgehead atoms. The van der Waals surface area contributed by atoms with Gasteiger partial charge in [-0.1, -0.05) is 161 Å². The van der Waals surface area contributed by atoms with Gasteiger partial charge in [0.15, 0.2) is 0 Å². The first-order valence-corrected chi connectivity index (χ1v) is 33.0. The Morgan fingerprint density at radius 2 is 0.922 bits per heavy atom. The number of nitrogens with two attached hydrogens (primary N) is 2. The molecule has 9 amide bonds. The average molecular weight is 1420 g/mol. The molecular weight excluding hydrogens is 1340 g/mol. The molecule has 29 heteroatoms. The van der Waals surface area contributed by atoms with Crippen LogP contribution in [0.2, 0.25) is 0 Å². The summed E-state index contributed by atoms with van der Waals surface area (Å²) in [6.07, 6.45) is -1.86. The van der Waals surface area contributed by atoms with Crippen molar-refractivity contribution in [1.29, 1.82) is 0 Å². The predicted octanol–water partition coefficient (Wildman–Crippen LogP) is 5.99. The smallest absolute Gasteiger partial charge is 0.407 e. The highest BCUT2D eigenvalue weighted by Gasteiger charge is 2.36. The number of unbranched alkanes of at least 4 members (excludes halogenated alkanes) is 1. The average Bonchev–Trinajstić information content (AvgIpc) is 0.798. The Bertz CT molecular complexity index is 3750. The minimum atomic E-state index is -2.52. The van der Waals surface area contributed by atoms with Crippen LogP contribution in [0, 0.1) is 40.9 Å². The van der Waals surface area contributed by atoms with Crippen LogP contribution in [0.5, 0.6) is 11.5 Å². The third-order valence-corrected chi connectivity index (χ3v) is 15.6. The molecule has 546 valence electrons. The van der Waals surface area contributed by atoms with Crippen LogP contribution >= 0.6 is 0 Å². The van der Waals surface area contributed by atoms with Gasteiger partial charge in [0.25, 0.3) is 0 Å². The van der Waals surface area contributed by atoms with Crippen molar-refractivity contribution in [3.63, 3.8) is 0 Å². The zero-order chi connectivity index (χ0) is 74.3. The highest BCUT2D eigenvalue weighted by molar-refractivity contribution is 5.98. The lowest BCUT2D eigenvalue weighted by atomic mass is 9.98. The number of carbonyl (C=O) groups is 10. The molecule has 0 spiro atoms. The number of alkyl carbamates (subject to hydrolysis) is 1. The molecule has 0 heterocycles. The Balaban J connectivity index is 1.16. The summed E-state index contributed by atoms with van der Waals surface area (Å²) >= 11 is 0. The van der Waals surface area contributed by atoms with Crippen molar-refractivity contribution in [3.05, 3.63) is 202 Å². The van der Waals surface area contributed by atoms with Gasteiger partial charge in [-0.15, -0.1) is 0 Å². The molecule has 24 nitrogen and oxygen atoms in total. The number of primary amides is 1. The summed E-state index contributed by atoms with van der Waals surface area (Å²) < 4.78 is 92.0. The number of rotatable bonds is 40. The first-order chi connectivity index (χ1) is 48.8. The molecule has 0 saturated carbocycles. The first-order valence-electron chi connectivity index (χ1n) is 33.0. The van der Waals surface area contributed by atoms with Crippen molar-refractivity contribution < 1.29 is 88.8 Å². The van der Waals surface area contributed by atoms with Crippen LogP contribution < -0.4 is 63.5 Å². The second-order valence-electron chi connectivity index (χ2n) is 24.7. The van der Waals surface area contributed by atoms with E-state index in [0.29, 0.717) is 29.0 Å². The quantitative estimate of drug-likeness (QED) is 0.00528. The van der Waals surface area contributed by atoms with Gasteiger partial charge in [-0.3, -0.25) is 38.4 Å². The topological polar surface area (TPSA) is 356 Å². The van der Waals surface area contributed by atoms with Crippen LogP contribution in [-0.2, 0) is 85.3 Å². The zero-order valence-corrected chi connectivity index (χ0v) is 56.7. The van der Waals surface area contributed by atoms with E-state index in [2.05, 4.69) is 47.3 Å². The van der Waals surface area contributed by atoms with Gasteiger partial charge in [0.2, 0.25) is 82.1 Å². The summed E-state index contributed by atoms with van der Waals surface area (Å²) in [5, 5.41) is 20.4. The van der Waals surface area contributed by atoms with E-state index in [9.17, 15) is 69.9 Å². The van der Waals surface area contributed by atoms with E-state index in [1.54, 1.807) is 143 Å². The number of ether oxygens (including phenoxy) is 4. The normalized spacial score (nSPS) is 13.1. The second kappa shape index (κ2) is 41.1. The van der Waals surface area contributed by atoms with E-state index in [0.717, 1.165) is 11.1 Å². The van der Waals surface area contributed by atoms with Gasteiger partial charge in [0.05, 0.1) is 19.3 Å². The molecule has 0 radical (unpaired) electrons. The number of carbonyl (C=O) groups excluding carboxylic acids is 10. The molecule has 102 heavy (non-hydrogen) atoms. The lowest BCUT2D eigenvalue weighted by Gasteiger charge is -2.29. The largest absolute Gasteiger partial charge is 0.489 e. The molecular formula is C73H85F5N10O14. The fourth-order valence-corrected chi connectivity index (χ4v) is 10.1. The van der Waals surface area contributed by atoms with E-state index < -0.39 is 162 Å². The first kappa shape index (κ1) is 80.2. The molecule has 6 aromatic carbocycles. The molecule has 6 rings (SSSR count). The molecule has 0 aliphatic rings. The van der Waals surface area contributed by atoms with Crippen molar-refractivity contribution >= 4 is 59.3 Å². The van der Waals surface area contributed by atoms with Crippen molar-refractivity contribution in [2.45, 2.75) is 141 Å². The fourth-order valence-electron chi connectivity index (χ4n) is 10.1. The van der Waals surface area contributed by atoms with Crippen LogP contribution in [0.25, 0.3) is 0 Å². The molecule has 0 aromatic heterocycles. The van der Waals surface area contributed by atoms with Gasteiger partial charge in [0, 0.05) is 19.4 Å². The third-order valence-electron chi connectivity index (χ3n) is 15.6. The van der Waals surface area contributed by atoms with Gasteiger partial charge in [-0.2, -0.15) is 8.78 Å². The summed E-state index contributed by atoms with van der Waals surface area (Å²) in [4.78, 5) is 138. The highest BCUT2D eigenvalue weighted by atomic mass is 19.2. The lowest BCUT2D eigenvalue weighted by molar-refractivity contribution is -0.137. The van der Waals surface area contributed by atoms with Crippen LogP contribution in [0.1, 0.15) is 94.0 Å². The van der Waals surface area contributed by atoms with E-state index in [4.69, 9.17) is 25.7 Å². The highest BCUT2D eigenvalue weighted by Crippen LogP contribution is 2.29. The molecule has 0 fully saturated rings. The lowest BCUT2D eigenvalue weighted by Crippen LogP contribution is -2.61. The maximum atomic E-state index is 14.7. The van der Waals surface area contributed by atoms with Crippen molar-refractivity contribution in [2.75, 3.05) is 19.7 Å². The fraction of sp³-hybridized carbons (Fsp3) is 0.370. The minimum Gasteiger partial charge on any atom is -0.489 e. The van der Waals surface area contributed by atoms with Gasteiger partial charge >= 0.3 is 12.1 Å². The van der Waals surface area contributed by atoms with Gasteiger partial charge in [0.1, 0.15) is 61.8 Å². The summed E-state index contributed by atoms with van der Waals surface area (Å²) in [7, 11) is 0.